The molecule has 0 saturated heterocycles. The predicted octanol–water partition coefficient (Wildman–Crippen LogP) is 2.80. The average molecular weight is 486 g/mol. The highest BCUT2D eigenvalue weighted by atomic mass is 127. The normalized spacial score (nSPS) is 16.7. The molecule has 1 aliphatic heterocycles. The fraction of sp³-hybridized carbons (Fsp3) is 0.632. The lowest BCUT2D eigenvalue weighted by Crippen LogP contribution is -2.47. The Hall–Kier alpha value is -1.58. The van der Waals surface area contributed by atoms with Gasteiger partial charge in [-0.1, -0.05) is 20.8 Å². The van der Waals surface area contributed by atoms with Gasteiger partial charge >= 0.3 is 0 Å². The van der Waals surface area contributed by atoms with Crippen molar-refractivity contribution in [3.63, 3.8) is 0 Å². The number of rotatable bonds is 7. The van der Waals surface area contributed by atoms with Crippen molar-refractivity contribution in [2.45, 2.75) is 59.0 Å². The summed E-state index contributed by atoms with van der Waals surface area (Å²) in [6.07, 6.45) is 5.43. The van der Waals surface area contributed by atoms with Crippen molar-refractivity contribution in [3.05, 3.63) is 35.8 Å². The van der Waals surface area contributed by atoms with Gasteiger partial charge in [0.05, 0.1) is 12.8 Å². The number of hydrogen-bond acceptors (Lipinski definition) is 4. The van der Waals surface area contributed by atoms with Crippen molar-refractivity contribution in [1.82, 2.24) is 25.4 Å². The predicted molar refractivity (Wildman–Crippen MR) is 118 cm³/mol. The van der Waals surface area contributed by atoms with E-state index in [1.165, 1.54) is 0 Å². The molecule has 2 aromatic heterocycles. The monoisotopic (exact) mass is 486 g/mol. The Bertz CT molecular complexity index is 710. The zero-order chi connectivity index (χ0) is 18.4. The van der Waals surface area contributed by atoms with Gasteiger partial charge in [0.25, 0.3) is 0 Å². The minimum atomic E-state index is 0. The van der Waals surface area contributed by atoms with Gasteiger partial charge in [-0.3, -0.25) is 4.99 Å². The van der Waals surface area contributed by atoms with E-state index in [1.54, 1.807) is 6.26 Å². The van der Waals surface area contributed by atoms with E-state index in [1.807, 2.05) is 16.8 Å². The van der Waals surface area contributed by atoms with Crippen LogP contribution in [0.15, 0.2) is 27.8 Å². The number of furan rings is 1. The molecule has 0 fully saturated rings. The van der Waals surface area contributed by atoms with Crippen molar-refractivity contribution in [2.75, 3.05) is 13.1 Å². The van der Waals surface area contributed by atoms with E-state index in [-0.39, 0.29) is 24.0 Å². The molecule has 27 heavy (non-hydrogen) atoms. The van der Waals surface area contributed by atoms with Crippen molar-refractivity contribution in [1.29, 1.82) is 0 Å². The average Bonchev–Trinajstić information content (AvgIpc) is 3.28. The van der Waals surface area contributed by atoms with Crippen LogP contribution in [0.2, 0.25) is 0 Å². The molecule has 0 bridgehead atoms. The molecule has 8 heteroatoms. The molecule has 0 radical (unpaired) electrons. The minimum absolute atomic E-state index is 0. The fourth-order valence-corrected chi connectivity index (χ4v) is 3.01. The lowest BCUT2D eigenvalue weighted by Gasteiger charge is -2.25. The Kier molecular flexibility index (Phi) is 8.59. The van der Waals surface area contributed by atoms with Crippen LogP contribution in [0.1, 0.15) is 44.6 Å². The number of aryl methyl sites for hydroxylation is 2. The standard InChI is InChI=1S/C19H30N6O.HI/c1-4-17-23-18-8-7-15(13-25(18)24-17)22-19(21-12-14(2)3)20-10-9-16-6-5-11-26-16;/h5-6,11,14-15H,4,7-10,12-13H2,1-3H3,(H2,20,21,22);1H. The van der Waals surface area contributed by atoms with Gasteiger partial charge in [-0.2, -0.15) is 5.10 Å². The van der Waals surface area contributed by atoms with Gasteiger partial charge in [-0.25, -0.2) is 9.67 Å². The van der Waals surface area contributed by atoms with Gasteiger partial charge < -0.3 is 15.1 Å². The van der Waals surface area contributed by atoms with E-state index in [2.05, 4.69) is 41.5 Å². The maximum atomic E-state index is 5.40. The minimum Gasteiger partial charge on any atom is -0.469 e. The third-order valence-electron chi connectivity index (χ3n) is 4.42. The second-order valence-electron chi connectivity index (χ2n) is 7.20. The number of fused-ring (bicyclic) bond motifs is 1. The molecule has 7 nitrogen and oxygen atoms in total. The lowest BCUT2D eigenvalue weighted by atomic mass is 10.1. The van der Waals surface area contributed by atoms with Gasteiger partial charge in [0.1, 0.15) is 11.6 Å². The zero-order valence-electron chi connectivity index (χ0n) is 16.4. The maximum absolute atomic E-state index is 5.40. The van der Waals surface area contributed by atoms with Gasteiger partial charge in [0.2, 0.25) is 0 Å². The van der Waals surface area contributed by atoms with Crippen molar-refractivity contribution >= 4 is 29.9 Å². The number of guanidine groups is 1. The smallest absolute Gasteiger partial charge is 0.191 e. The van der Waals surface area contributed by atoms with Crippen LogP contribution in [-0.2, 0) is 25.8 Å². The molecule has 0 aromatic carbocycles. The third-order valence-corrected chi connectivity index (χ3v) is 4.42. The first kappa shape index (κ1) is 21.7. The van der Waals surface area contributed by atoms with Gasteiger partial charge in [-0.05, 0) is 24.5 Å². The van der Waals surface area contributed by atoms with E-state index in [0.717, 1.165) is 68.7 Å². The molecule has 1 aliphatic rings. The summed E-state index contributed by atoms with van der Waals surface area (Å²) >= 11 is 0. The van der Waals surface area contributed by atoms with E-state index in [0.29, 0.717) is 12.0 Å². The van der Waals surface area contributed by atoms with E-state index in [9.17, 15) is 0 Å². The van der Waals surface area contributed by atoms with Gasteiger partial charge in [-0.15, -0.1) is 24.0 Å². The first-order valence-electron chi connectivity index (χ1n) is 9.64. The maximum Gasteiger partial charge on any atom is 0.191 e. The Labute approximate surface area is 178 Å². The van der Waals surface area contributed by atoms with E-state index >= 15 is 0 Å². The number of aromatic nitrogens is 3. The number of nitrogens with one attached hydrogen (secondary N) is 2. The first-order chi connectivity index (χ1) is 12.6. The van der Waals surface area contributed by atoms with Crippen LogP contribution in [-0.4, -0.2) is 39.9 Å². The molecular formula is C19H31IN6O. The molecule has 0 aliphatic carbocycles. The molecular weight excluding hydrogens is 455 g/mol. The molecule has 2 N–H and O–H groups in total. The van der Waals surface area contributed by atoms with Crippen molar-refractivity contribution in [3.8, 4) is 0 Å². The van der Waals surface area contributed by atoms with Gasteiger partial charge in [0, 0.05) is 38.4 Å². The molecule has 1 unspecified atom stereocenters. The lowest BCUT2D eigenvalue weighted by molar-refractivity contribution is 0.391. The zero-order valence-corrected chi connectivity index (χ0v) is 18.8. The van der Waals surface area contributed by atoms with Crippen LogP contribution in [0.25, 0.3) is 0 Å². The Morgan fingerprint density at radius 1 is 1.44 bits per heavy atom. The molecule has 0 saturated carbocycles. The highest BCUT2D eigenvalue weighted by molar-refractivity contribution is 14.0. The van der Waals surface area contributed by atoms with Crippen LogP contribution in [0, 0.1) is 5.92 Å². The molecule has 150 valence electrons. The number of nitrogens with zero attached hydrogens (tertiary/aromatic N) is 4. The van der Waals surface area contributed by atoms with Crippen molar-refractivity contribution < 1.29 is 4.42 Å². The summed E-state index contributed by atoms with van der Waals surface area (Å²) in [5.41, 5.74) is 0. The molecule has 0 amide bonds. The molecule has 0 spiro atoms. The van der Waals surface area contributed by atoms with Crippen LogP contribution in [0.4, 0.5) is 0 Å². The van der Waals surface area contributed by atoms with Crippen LogP contribution in [0.3, 0.4) is 0 Å². The Balaban J connectivity index is 0.00000261. The van der Waals surface area contributed by atoms with Crippen LogP contribution < -0.4 is 10.6 Å². The second kappa shape index (κ2) is 10.7. The van der Waals surface area contributed by atoms with Crippen LogP contribution >= 0.6 is 24.0 Å². The first-order valence-corrected chi connectivity index (χ1v) is 9.64. The van der Waals surface area contributed by atoms with E-state index in [4.69, 9.17) is 9.41 Å². The summed E-state index contributed by atoms with van der Waals surface area (Å²) in [6, 6.07) is 4.23. The number of hydrogen-bond donors (Lipinski definition) is 2. The number of halogens is 1. The topological polar surface area (TPSA) is 80.3 Å². The Morgan fingerprint density at radius 3 is 3.00 bits per heavy atom. The second-order valence-corrected chi connectivity index (χ2v) is 7.20. The fourth-order valence-electron chi connectivity index (χ4n) is 3.01. The summed E-state index contributed by atoms with van der Waals surface area (Å²) in [5, 5.41) is 11.6. The highest BCUT2D eigenvalue weighted by Gasteiger charge is 2.22. The Morgan fingerprint density at radius 2 is 2.30 bits per heavy atom. The van der Waals surface area contributed by atoms with Crippen LogP contribution in [0.5, 0.6) is 0 Å². The molecule has 3 rings (SSSR count). The number of aliphatic imine (C=N–C) groups is 1. The van der Waals surface area contributed by atoms with Gasteiger partial charge in [0.15, 0.2) is 11.8 Å². The molecule has 2 aromatic rings. The summed E-state index contributed by atoms with van der Waals surface area (Å²) in [5.74, 6) is 4.42. The molecule has 3 heterocycles. The van der Waals surface area contributed by atoms with Crippen molar-refractivity contribution in [2.24, 2.45) is 10.9 Å². The van der Waals surface area contributed by atoms with E-state index < -0.39 is 0 Å². The molecule has 1 atom stereocenters. The summed E-state index contributed by atoms with van der Waals surface area (Å²) in [7, 11) is 0. The SMILES string of the molecule is CCc1nc2n(n1)CC(NC(=NCC(C)C)NCCc1ccco1)CC2.I. The third kappa shape index (κ3) is 6.51. The summed E-state index contributed by atoms with van der Waals surface area (Å²) < 4.78 is 7.44. The quantitative estimate of drug-likeness (QED) is 0.358. The largest absolute Gasteiger partial charge is 0.469 e. The summed E-state index contributed by atoms with van der Waals surface area (Å²) in [6.45, 7) is 8.88. The highest BCUT2D eigenvalue weighted by Crippen LogP contribution is 2.13. The summed E-state index contributed by atoms with van der Waals surface area (Å²) in [4.78, 5) is 9.32.